The molecular weight excluding hydrogens is 286 g/mol. The molecule has 0 aromatic heterocycles. The molecule has 0 aromatic carbocycles. The molecule has 2 aliphatic carbocycles. The number of likely N-dealkylation sites (N-methyl/N-ethyl adjacent to an activating group) is 1. The third-order valence-electron chi connectivity index (χ3n) is 5.86. The lowest BCUT2D eigenvalue weighted by Crippen LogP contribution is -2.50. The number of guanidine groups is 1. The quantitative estimate of drug-likeness (QED) is 0.577. The van der Waals surface area contributed by atoms with Gasteiger partial charge in [-0.3, -0.25) is 4.99 Å². The van der Waals surface area contributed by atoms with Crippen LogP contribution in [0.15, 0.2) is 4.99 Å². The van der Waals surface area contributed by atoms with Gasteiger partial charge in [-0.05, 0) is 45.6 Å². The van der Waals surface area contributed by atoms with Crippen LogP contribution in [0.1, 0.15) is 51.4 Å². The highest BCUT2D eigenvalue weighted by Gasteiger charge is 2.31. The van der Waals surface area contributed by atoms with E-state index < -0.39 is 0 Å². The predicted octanol–water partition coefficient (Wildman–Crippen LogP) is 1.65. The standard InChI is InChI=1S/C18H35N5/c1-19-18(20-11-14-22(2)16-5-3-4-6-16)21-15-9-12-23(13-10-15)17-7-8-17/h15-17H,3-14H2,1-2H3,(H2,19,20,21). The van der Waals surface area contributed by atoms with Crippen molar-refractivity contribution in [3.63, 3.8) is 0 Å². The zero-order valence-electron chi connectivity index (χ0n) is 15.1. The number of hydrogen-bond donors (Lipinski definition) is 2. The fraction of sp³-hybridized carbons (Fsp3) is 0.944. The Hall–Kier alpha value is -0.810. The highest BCUT2D eigenvalue weighted by Crippen LogP contribution is 2.29. The van der Waals surface area contributed by atoms with E-state index in [1.807, 2.05) is 7.05 Å². The minimum Gasteiger partial charge on any atom is -0.355 e. The molecule has 1 saturated heterocycles. The summed E-state index contributed by atoms with van der Waals surface area (Å²) >= 11 is 0. The summed E-state index contributed by atoms with van der Waals surface area (Å²) in [7, 11) is 4.15. The lowest BCUT2D eigenvalue weighted by molar-refractivity contribution is 0.197. The van der Waals surface area contributed by atoms with Gasteiger partial charge in [0.05, 0.1) is 0 Å². The molecule has 3 rings (SSSR count). The lowest BCUT2D eigenvalue weighted by Gasteiger charge is -2.33. The second-order valence-corrected chi connectivity index (χ2v) is 7.60. The summed E-state index contributed by atoms with van der Waals surface area (Å²) in [5, 5.41) is 7.12. The van der Waals surface area contributed by atoms with E-state index >= 15 is 0 Å². The average molecular weight is 322 g/mol. The van der Waals surface area contributed by atoms with Gasteiger partial charge in [0.25, 0.3) is 0 Å². The Labute approximate surface area is 141 Å². The molecule has 0 atom stereocenters. The molecule has 0 spiro atoms. The van der Waals surface area contributed by atoms with E-state index in [1.165, 1.54) is 64.5 Å². The van der Waals surface area contributed by atoms with Crippen LogP contribution in [0.5, 0.6) is 0 Å². The molecule has 132 valence electrons. The molecule has 2 saturated carbocycles. The van der Waals surface area contributed by atoms with Crippen molar-refractivity contribution in [2.24, 2.45) is 4.99 Å². The molecule has 1 heterocycles. The summed E-state index contributed by atoms with van der Waals surface area (Å²) in [6.45, 7) is 4.59. The largest absolute Gasteiger partial charge is 0.355 e. The second kappa shape index (κ2) is 8.34. The molecule has 3 fully saturated rings. The van der Waals surface area contributed by atoms with Crippen molar-refractivity contribution in [1.29, 1.82) is 0 Å². The number of rotatable bonds is 6. The highest BCUT2D eigenvalue weighted by molar-refractivity contribution is 5.79. The van der Waals surface area contributed by atoms with Crippen LogP contribution >= 0.6 is 0 Å². The van der Waals surface area contributed by atoms with Crippen LogP contribution in [0.4, 0.5) is 0 Å². The zero-order valence-corrected chi connectivity index (χ0v) is 15.1. The van der Waals surface area contributed by atoms with Crippen molar-refractivity contribution in [1.82, 2.24) is 20.4 Å². The van der Waals surface area contributed by atoms with Gasteiger partial charge in [-0.1, -0.05) is 12.8 Å². The Morgan fingerprint density at radius 3 is 2.39 bits per heavy atom. The molecule has 3 aliphatic rings. The van der Waals surface area contributed by atoms with Gasteiger partial charge in [0.15, 0.2) is 5.96 Å². The molecule has 2 N–H and O–H groups in total. The monoisotopic (exact) mass is 321 g/mol. The lowest BCUT2D eigenvalue weighted by atomic mass is 10.1. The molecule has 0 bridgehead atoms. The van der Waals surface area contributed by atoms with Crippen LogP contribution in [-0.2, 0) is 0 Å². The molecule has 1 aliphatic heterocycles. The van der Waals surface area contributed by atoms with Crippen molar-refractivity contribution in [3.05, 3.63) is 0 Å². The maximum atomic E-state index is 4.41. The van der Waals surface area contributed by atoms with Crippen LogP contribution in [-0.4, -0.2) is 74.2 Å². The second-order valence-electron chi connectivity index (χ2n) is 7.60. The summed E-state index contributed by atoms with van der Waals surface area (Å²) in [6.07, 6.45) is 10.9. The molecule has 0 unspecified atom stereocenters. The van der Waals surface area contributed by atoms with E-state index in [2.05, 4.69) is 32.5 Å². The van der Waals surface area contributed by atoms with Gasteiger partial charge in [0.1, 0.15) is 0 Å². The number of nitrogens with zero attached hydrogens (tertiary/aromatic N) is 3. The van der Waals surface area contributed by atoms with Crippen molar-refractivity contribution >= 4 is 5.96 Å². The summed E-state index contributed by atoms with van der Waals surface area (Å²) in [6, 6.07) is 2.31. The normalized spacial score (nSPS) is 25.3. The molecular formula is C18H35N5. The van der Waals surface area contributed by atoms with Gasteiger partial charge >= 0.3 is 0 Å². The first-order chi connectivity index (χ1) is 11.3. The Morgan fingerprint density at radius 2 is 1.78 bits per heavy atom. The number of piperidine rings is 1. The predicted molar refractivity (Wildman–Crippen MR) is 97.0 cm³/mol. The first-order valence-electron chi connectivity index (χ1n) is 9.67. The van der Waals surface area contributed by atoms with E-state index in [-0.39, 0.29) is 0 Å². The fourth-order valence-corrected chi connectivity index (χ4v) is 4.11. The maximum absolute atomic E-state index is 4.41. The van der Waals surface area contributed by atoms with E-state index in [1.54, 1.807) is 0 Å². The third kappa shape index (κ3) is 5.08. The molecule has 23 heavy (non-hydrogen) atoms. The van der Waals surface area contributed by atoms with Gasteiger partial charge in [0, 0.05) is 51.4 Å². The number of hydrogen-bond acceptors (Lipinski definition) is 3. The first kappa shape index (κ1) is 17.0. The number of likely N-dealkylation sites (tertiary alicyclic amines) is 1. The van der Waals surface area contributed by atoms with Crippen LogP contribution < -0.4 is 10.6 Å². The summed E-state index contributed by atoms with van der Waals surface area (Å²) in [5.41, 5.74) is 0. The van der Waals surface area contributed by atoms with Gasteiger partial charge in [0.2, 0.25) is 0 Å². The third-order valence-corrected chi connectivity index (χ3v) is 5.86. The average Bonchev–Trinajstić information content (AvgIpc) is 3.28. The van der Waals surface area contributed by atoms with Crippen molar-refractivity contribution in [2.45, 2.75) is 69.5 Å². The molecule has 5 heteroatoms. The molecule has 0 amide bonds. The fourth-order valence-electron chi connectivity index (χ4n) is 4.11. The van der Waals surface area contributed by atoms with Gasteiger partial charge in [-0.15, -0.1) is 0 Å². The maximum Gasteiger partial charge on any atom is 0.191 e. The molecule has 0 aromatic rings. The first-order valence-corrected chi connectivity index (χ1v) is 9.67. The van der Waals surface area contributed by atoms with Gasteiger partial charge in [-0.2, -0.15) is 0 Å². The van der Waals surface area contributed by atoms with Crippen molar-refractivity contribution in [3.8, 4) is 0 Å². The minimum absolute atomic E-state index is 0.587. The van der Waals surface area contributed by atoms with Crippen LogP contribution in [0.3, 0.4) is 0 Å². The minimum atomic E-state index is 0.587. The SMILES string of the molecule is CN=C(NCCN(C)C1CCCC1)NC1CCN(C2CC2)CC1. The van der Waals surface area contributed by atoms with E-state index in [0.717, 1.165) is 31.1 Å². The Bertz CT molecular complexity index is 379. The molecule has 5 nitrogen and oxygen atoms in total. The summed E-state index contributed by atoms with van der Waals surface area (Å²) in [4.78, 5) is 9.59. The van der Waals surface area contributed by atoms with Crippen molar-refractivity contribution < 1.29 is 0 Å². The van der Waals surface area contributed by atoms with Crippen LogP contribution in [0.2, 0.25) is 0 Å². The van der Waals surface area contributed by atoms with E-state index in [0.29, 0.717) is 6.04 Å². The van der Waals surface area contributed by atoms with Gasteiger partial charge in [-0.25, -0.2) is 0 Å². The van der Waals surface area contributed by atoms with Crippen molar-refractivity contribution in [2.75, 3.05) is 40.3 Å². The number of aliphatic imine (C=N–C) groups is 1. The van der Waals surface area contributed by atoms with Crippen LogP contribution in [0, 0.1) is 0 Å². The Kier molecular flexibility index (Phi) is 6.17. The Balaban J connectivity index is 1.31. The smallest absolute Gasteiger partial charge is 0.191 e. The zero-order chi connectivity index (χ0) is 16.1. The van der Waals surface area contributed by atoms with Gasteiger partial charge < -0.3 is 20.4 Å². The summed E-state index contributed by atoms with van der Waals surface area (Å²) < 4.78 is 0. The van der Waals surface area contributed by atoms with E-state index in [4.69, 9.17) is 0 Å². The topological polar surface area (TPSA) is 42.9 Å². The van der Waals surface area contributed by atoms with E-state index in [9.17, 15) is 0 Å². The van der Waals surface area contributed by atoms with Crippen LogP contribution in [0.25, 0.3) is 0 Å². The summed E-state index contributed by atoms with van der Waals surface area (Å²) in [5.74, 6) is 0.981. The molecule has 0 radical (unpaired) electrons. The Morgan fingerprint density at radius 1 is 1.09 bits per heavy atom. The highest BCUT2D eigenvalue weighted by atomic mass is 15.2. The number of nitrogens with one attached hydrogen (secondary N) is 2.